The van der Waals surface area contributed by atoms with E-state index in [0.29, 0.717) is 5.02 Å². The topological polar surface area (TPSA) is 115 Å². The Kier molecular flexibility index (Phi) is 4.98. The van der Waals surface area contributed by atoms with E-state index in [2.05, 4.69) is 5.32 Å². The van der Waals surface area contributed by atoms with Crippen molar-refractivity contribution < 1.29 is 14.4 Å². The Balaban J connectivity index is 2.18. The summed E-state index contributed by atoms with van der Waals surface area (Å²) >= 11 is 5.78. The number of anilines is 1. The summed E-state index contributed by atoms with van der Waals surface area (Å²) in [5.41, 5.74) is 11.6. The van der Waals surface area contributed by atoms with Crippen molar-refractivity contribution in [3.63, 3.8) is 0 Å². The smallest absolute Gasteiger partial charge is 0.248 e. The SMILES string of the molecule is NC(=O)c1cc(NC(=O)Cc2ccc(Cl)cc2)cc(C(N)=O)c1. The van der Waals surface area contributed by atoms with Crippen LogP contribution in [0, 0.1) is 0 Å². The van der Waals surface area contributed by atoms with Gasteiger partial charge in [0.15, 0.2) is 0 Å². The second-order valence-corrected chi connectivity index (χ2v) is 5.32. The molecule has 2 aromatic rings. The molecule has 0 bridgehead atoms. The summed E-state index contributed by atoms with van der Waals surface area (Å²) < 4.78 is 0. The van der Waals surface area contributed by atoms with Gasteiger partial charge in [0.25, 0.3) is 0 Å². The molecular formula is C16H14ClN3O3. The molecule has 6 nitrogen and oxygen atoms in total. The summed E-state index contributed by atoms with van der Waals surface area (Å²) in [6.45, 7) is 0. The van der Waals surface area contributed by atoms with Crippen molar-refractivity contribution in [2.75, 3.05) is 5.32 Å². The van der Waals surface area contributed by atoms with E-state index in [-0.39, 0.29) is 29.1 Å². The van der Waals surface area contributed by atoms with E-state index in [0.717, 1.165) is 5.56 Å². The van der Waals surface area contributed by atoms with Gasteiger partial charge in [-0.25, -0.2) is 0 Å². The first-order valence-electron chi connectivity index (χ1n) is 6.64. The third-order valence-corrected chi connectivity index (χ3v) is 3.32. The molecule has 0 radical (unpaired) electrons. The van der Waals surface area contributed by atoms with Gasteiger partial charge in [0, 0.05) is 21.8 Å². The van der Waals surface area contributed by atoms with E-state index in [1.165, 1.54) is 18.2 Å². The molecule has 7 heteroatoms. The fourth-order valence-electron chi connectivity index (χ4n) is 1.98. The van der Waals surface area contributed by atoms with Gasteiger partial charge in [-0.2, -0.15) is 0 Å². The highest BCUT2D eigenvalue weighted by Gasteiger charge is 2.11. The standard InChI is InChI=1S/C16H14ClN3O3/c17-12-3-1-9(2-4-12)5-14(21)20-13-7-10(15(18)22)6-11(8-13)16(19)23/h1-4,6-8H,5H2,(H2,18,22)(H2,19,23)(H,20,21). The largest absolute Gasteiger partial charge is 0.366 e. The zero-order chi connectivity index (χ0) is 17.0. The Labute approximate surface area is 137 Å². The Hall–Kier alpha value is -2.86. The molecule has 0 aliphatic heterocycles. The van der Waals surface area contributed by atoms with Crippen LogP contribution in [0.2, 0.25) is 5.02 Å². The Morgan fingerprint density at radius 2 is 1.43 bits per heavy atom. The number of nitrogens with one attached hydrogen (secondary N) is 1. The Morgan fingerprint density at radius 3 is 1.91 bits per heavy atom. The number of amides is 3. The second-order valence-electron chi connectivity index (χ2n) is 4.88. The zero-order valence-electron chi connectivity index (χ0n) is 12.0. The van der Waals surface area contributed by atoms with Gasteiger partial charge in [0.2, 0.25) is 17.7 Å². The lowest BCUT2D eigenvalue weighted by Crippen LogP contribution is -2.19. The lowest BCUT2D eigenvalue weighted by Gasteiger charge is -2.08. The monoisotopic (exact) mass is 331 g/mol. The highest BCUT2D eigenvalue weighted by molar-refractivity contribution is 6.30. The van der Waals surface area contributed by atoms with Crippen LogP contribution in [-0.4, -0.2) is 17.7 Å². The number of rotatable bonds is 5. The molecule has 118 valence electrons. The van der Waals surface area contributed by atoms with Crippen LogP contribution in [0.5, 0.6) is 0 Å². The van der Waals surface area contributed by atoms with Crippen molar-refractivity contribution in [2.45, 2.75) is 6.42 Å². The van der Waals surface area contributed by atoms with Gasteiger partial charge < -0.3 is 16.8 Å². The average molecular weight is 332 g/mol. The minimum atomic E-state index is -0.721. The van der Waals surface area contributed by atoms with Crippen molar-refractivity contribution in [2.24, 2.45) is 11.5 Å². The summed E-state index contributed by atoms with van der Waals surface area (Å²) in [6.07, 6.45) is 0.115. The number of hydrogen-bond donors (Lipinski definition) is 3. The zero-order valence-corrected chi connectivity index (χ0v) is 12.8. The van der Waals surface area contributed by atoms with Crippen LogP contribution in [0.15, 0.2) is 42.5 Å². The first-order valence-corrected chi connectivity index (χ1v) is 7.02. The maximum absolute atomic E-state index is 12.1. The maximum atomic E-state index is 12.1. The molecule has 0 spiro atoms. The number of carbonyl (C=O) groups excluding carboxylic acids is 3. The van der Waals surface area contributed by atoms with Crippen LogP contribution in [0.1, 0.15) is 26.3 Å². The third kappa shape index (κ3) is 4.55. The highest BCUT2D eigenvalue weighted by atomic mass is 35.5. The lowest BCUT2D eigenvalue weighted by molar-refractivity contribution is -0.115. The van der Waals surface area contributed by atoms with Crippen LogP contribution in [0.4, 0.5) is 5.69 Å². The van der Waals surface area contributed by atoms with Crippen LogP contribution >= 0.6 is 11.6 Å². The molecule has 5 N–H and O–H groups in total. The van der Waals surface area contributed by atoms with E-state index in [1.54, 1.807) is 24.3 Å². The van der Waals surface area contributed by atoms with Gasteiger partial charge in [0.05, 0.1) is 6.42 Å². The van der Waals surface area contributed by atoms with Gasteiger partial charge in [-0.1, -0.05) is 23.7 Å². The minimum absolute atomic E-state index is 0.0862. The van der Waals surface area contributed by atoms with Gasteiger partial charge in [-0.3, -0.25) is 14.4 Å². The molecule has 23 heavy (non-hydrogen) atoms. The molecule has 0 saturated heterocycles. The van der Waals surface area contributed by atoms with Gasteiger partial charge in [0.1, 0.15) is 0 Å². The molecule has 3 amide bonds. The van der Waals surface area contributed by atoms with Gasteiger partial charge in [-0.15, -0.1) is 0 Å². The predicted octanol–water partition coefficient (Wildman–Crippen LogP) is 1.72. The molecule has 2 rings (SSSR count). The number of primary amides is 2. The highest BCUT2D eigenvalue weighted by Crippen LogP contribution is 2.16. The van der Waals surface area contributed by atoms with E-state index >= 15 is 0 Å². The van der Waals surface area contributed by atoms with Crippen LogP contribution < -0.4 is 16.8 Å². The molecule has 0 aromatic heterocycles. The number of carbonyl (C=O) groups is 3. The van der Waals surface area contributed by atoms with Gasteiger partial charge in [-0.05, 0) is 35.9 Å². The molecule has 0 atom stereocenters. The van der Waals surface area contributed by atoms with E-state index in [1.807, 2.05) is 0 Å². The molecular weight excluding hydrogens is 318 g/mol. The summed E-state index contributed by atoms with van der Waals surface area (Å²) in [5, 5.41) is 3.19. The minimum Gasteiger partial charge on any atom is -0.366 e. The van der Waals surface area contributed by atoms with Crippen molar-refractivity contribution in [1.29, 1.82) is 0 Å². The van der Waals surface area contributed by atoms with Crippen LogP contribution in [-0.2, 0) is 11.2 Å². The van der Waals surface area contributed by atoms with E-state index in [4.69, 9.17) is 23.1 Å². The molecule has 0 aliphatic carbocycles. The Morgan fingerprint density at radius 1 is 0.913 bits per heavy atom. The number of hydrogen-bond acceptors (Lipinski definition) is 3. The third-order valence-electron chi connectivity index (χ3n) is 3.06. The number of benzene rings is 2. The number of nitrogens with two attached hydrogens (primary N) is 2. The fraction of sp³-hybridized carbons (Fsp3) is 0.0625. The molecule has 0 heterocycles. The average Bonchev–Trinajstić information content (AvgIpc) is 2.49. The quantitative estimate of drug-likeness (QED) is 0.774. The van der Waals surface area contributed by atoms with Crippen LogP contribution in [0.3, 0.4) is 0 Å². The normalized spacial score (nSPS) is 10.1. The van der Waals surface area contributed by atoms with Crippen molar-refractivity contribution in [1.82, 2.24) is 0 Å². The molecule has 0 unspecified atom stereocenters. The van der Waals surface area contributed by atoms with Gasteiger partial charge >= 0.3 is 0 Å². The maximum Gasteiger partial charge on any atom is 0.248 e. The van der Waals surface area contributed by atoms with Crippen molar-refractivity contribution >= 4 is 35.0 Å². The predicted molar refractivity (Wildman–Crippen MR) is 87.3 cm³/mol. The molecule has 2 aromatic carbocycles. The summed E-state index contributed by atoms with van der Waals surface area (Å²) in [7, 11) is 0. The molecule has 0 saturated carbocycles. The fourth-order valence-corrected chi connectivity index (χ4v) is 2.10. The lowest BCUT2D eigenvalue weighted by atomic mass is 10.1. The second kappa shape index (κ2) is 6.93. The molecule has 0 fully saturated rings. The van der Waals surface area contributed by atoms with Crippen LogP contribution in [0.25, 0.3) is 0 Å². The first-order chi connectivity index (χ1) is 10.8. The first kappa shape index (κ1) is 16.5. The summed E-state index contributed by atoms with van der Waals surface area (Å²) in [4.78, 5) is 34.6. The molecule has 0 aliphatic rings. The Bertz CT molecular complexity index is 740. The van der Waals surface area contributed by atoms with E-state index < -0.39 is 11.8 Å². The van der Waals surface area contributed by atoms with E-state index in [9.17, 15) is 14.4 Å². The summed E-state index contributed by atoms with van der Waals surface area (Å²) in [6, 6.07) is 10.9. The number of halogens is 1. The van der Waals surface area contributed by atoms with Crippen molar-refractivity contribution in [3.05, 3.63) is 64.2 Å². The summed E-state index contributed by atoms with van der Waals surface area (Å²) in [5.74, 6) is -1.76. The van der Waals surface area contributed by atoms with Crippen molar-refractivity contribution in [3.8, 4) is 0 Å².